The topological polar surface area (TPSA) is 64.8 Å². The lowest BCUT2D eigenvalue weighted by Crippen LogP contribution is -2.56. The Kier molecular flexibility index (Phi) is 6.96. The lowest BCUT2D eigenvalue weighted by molar-refractivity contribution is -0.0748. The van der Waals surface area contributed by atoms with Crippen molar-refractivity contribution in [2.75, 3.05) is 45.9 Å². The van der Waals surface area contributed by atoms with Crippen molar-refractivity contribution in [3.63, 3.8) is 0 Å². The Bertz CT molecular complexity index is 597. The SMILES string of the molecule is C=NC(=NC=NCC)NC1=CC=C(N2CCN(C3COC3)CC2)CCC1. The molecule has 0 aromatic heterocycles. The zero-order chi connectivity index (χ0) is 18.2. The van der Waals surface area contributed by atoms with Gasteiger partial charge in [0.25, 0.3) is 0 Å². The normalized spacial score (nSPS) is 23.3. The standard InChI is InChI=1S/C19H30N6O/c1-3-21-15-22-19(20-2)23-16-5-4-6-17(8-7-16)24-9-11-25(12-10-24)18-13-26-14-18/h7-8,15,18H,2-6,9-14H2,1H3,(H,21,22,23). The number of ether oxygens (including phenoxy) is 1. The monoisotopic (exact) mass is 358 g/mol. The number of aliphatic imine (C=N–C) groups is 3. The predicted octanol–water partition coefficient (Wildman–Crippen LogP) is 1.65. The Morgan fingerprint density at radius 1 is 1.27 bits per heavy atom. The van der Waals surface area contributed by atoms with Crippen LogP contribution in [0.5, 0.6) is 0 Å². The number of nitrogens with zero attached hydrogens (tertiary/aromatic N) is 5. The van der Waals surface area contributed by atoms with Crippen molar-refractivity contribution in [2.24, 2.45) is 15.0 Å². The van der Waals surface area contributed by atoms with Gasteiger partial charge in [0.15, 0.2) is 0 Å². The van der Waals surface area contributed by atoms with E-state index in [1.807, 2.05) is 6.92 Å². The van der Waals surface area contributed by atoms with Crippen molar-refractivity contribution in [1.82, 2.24) is 15.1 Å². The van der Waals surface area contributed by atoms with Gasteiger partial charge < -0.3 is 15.0 Å². The molecular weight excluding hydrogens is 328 g/mol. The summed E-state index contributed by atoms with van der Waals surface area (Å²) in [5, 5.41) is 3.27. The zero-order valence-corrected chi connectivity index (χ0v) is 15.7. The molecule has 2 fully saturated rings. The molecular formula is C19H30N6O. The third-order valence-electron chi connectivity index (χ3n) is 5.08. The number of hydrogen-bond donors (Lipinski definition) is 1. The highest BCUT2D eigenvalue weighted by atomic mass is 16.5. The second-order valence-corrected chi connectivity index (χ2v) is 6.77. The number of guanidine groups is 1. The van der Waals surface area contributed by atoms with Crippen molar-refractivity contribution < 1.29 is 4.74 Å². The van der Waals surface area contributed by atoms with Gasteiger partial charge in [0, 0.05) is 44.1 Å². The van der Waals surface area contributed by atoms with Crippen LogP contribution in [0, 0.1) is 0 Å². The molecule has 3 aliphatic rings. The summed E-state index contributed by atoms with van der Waals surface area (Å²) < 4.78 is 5.32. The van der Waals surface area contributed by atoms with Crippen LogP contribution in [-0.2, 0) is 4.74 Å². The predicted molar refractivity (Wildman–Crippen MR) is 107 cm³/mol. The van der Waals surface area contributed by atoms with Gasteiger partial charge in [-0.25, -0.2) is 9.98 Å². The molecule has 0 atom stereocenters. The molecule has 7 heteroatoms. The first-order valence-corrected chi connectivity index (χ1v) is 9.56. The molecule has 1 aliphatic carbocycles. The second kappa shape index (κ2) is 9.64. The van der Waals surface area contributed by atoms with Crippen molar-refractivity contribution in [1.29, 1.82) is 0 Å². The summed E-state index contributed by atoms with van der Waals surface area (Å²) in [5.41, 5.74) is 2.56. The quantitative estimate of drug-likeness (QED) is 0.599. The van der Waals surface area contributed by atoms with E-state index in [4.69, 9.17) is 4.74 Å². The number of allylic oxidation sites excluding steroid dienone is 4. The Morgan fingerprint density at radius 3 is 2.73 bits per heavy atom. The molecule has 2 aliphatic heterocycles. The molecule has 0 aromatic carbocycles. The van der Waals surface area contributed by atoms with Crippen LogP contribution < -0.4 is 5.32 Å². The summed E-state index contributed by atoms with van der Waals surface area (Å²) >= 11 is 0. The van der Waals surface area contributed by atoms with E-state index in [0.717, 1.165) is 64.4 Å². The van der Waals surface area contributed by atoms with E-state index in [0.29, 0.717) is 18.5 Å². The summed E-state index contributed by atoms with van der Waals surface area (Å²) in [4.78, 5) is 17.3. The maximum absolute atomic E-state index is 5.32. The van der Waals surface area contributed by atoms with Gasteiger partial charge in [-0.2, -0.15) is 0 Å². The van der Waals surface area contributed by atoms with Gasteiger partial charge >= 0.3 is 0 Å². The highest BCUT2D eigenvalue weighted by Crippen LogP contribution is 2.22. The smallest absolute Gasteiger partial charge is 0.227 e. The van der Waals surface area contributed by atoms with E-state index in [1.165, 1.54) is 12.0 Å². The molecule has 0 bridgehead atoms. The summed E-state index contributed by atoms with van der Waals surface area (Å²) in [6.45, 7) is 12.6. The second-order valence-electron chi connectivity index (χ2n) is 6.77. The van der Waals surface area contributed by atoms with Crippen LogP contribution in [0.25, 0.3) is 0 Å². The molecule has 0 spiro atoms. The molecule has 142 valence electrons. The van der Waals surface area contributed by atoms with Gasteiger partial charge in [-0.1, -0.05) is 0 Å². The summed E-state index contributed by atoms with van der Waals surface area (Å²) in [5.74, 6) is 0.502. The fourth-order valence-corrected chi connectivity index (χ4v) is 3.43. The molecule has 0 aromatic rings. The van der Waals surface area contributed by atoms with Crippen molar-refractivity contribution >= 4 is 19.0 Å². The van der Waals surface area contributed by atoms with E-state index >= 15 is 0 Å². The van der Waals surface area contributed by atoms with E-state index in [2.05, 4.69) is 49.0 Å². The third-order valence-corrected chi connectivity index (χ3v) is 5.08. The number of piperazine rings is 1. The first-order valence-electron chi connectivity index (χ1n) is 9.56. The van der Waals surface area contributed by atoms with Gasteiger partial charge in [0.05, 0.1) is 19.3 Å². The maximum atomic E-state index is 5.32. The Labute approximate surface area is 156 Å². The minimum Gasteiger partial charge on any atom is -0.378 e. The zero-order valence-electron chi connectivity index (χ0n) is 15.7. The number of rotatable bonds is 5. The average molecular weight is 358 g/mol. The van der Waals surface area contributed by atoms with E-state index in [-0.39, 0.29) is 0 Å². The van der Waals surface area contributed by atoms with Crippen LogP contribution in [-0.4, -0.2) is 80.8 Å². The molecule has 2 saturated heterocycles. The Hall–Kier alpha value is -1.99. The largest absolute Gasteiger partial charge is 0.378 e. The van der Waals surface area contributed by atoms with Crippen LogP contribution in [0.3, 0.4) is 0 Å². The van der Waals surface area contributed by atoms with Gasteiger partial charge in [-0.15, -0.1) is 0 Å². The van der Waals surface area contributed by atoms with Crippen LogP contribution in [0.15, 0.2) is 38.5 Å². The highest BCUT2D eigenvalue weighted by molar-refractivity contribution is 5.91. The summed E-state index contributed by atoms with van der Waals surface area (Å²) in [6.07, 6.45) is 9.15. The van der Waals surface area contributed by atoms with Gasteiger partial charge in [-0.05, 0) is 45.1 Å². The van der Waals surface area contributed by atoms with Gasteiger partial charge in [0.1, 0.15) is 6.34 Å². The average Bonchev–Trinajstić information content (AvgIpc) is 2.86. The fraction of sp³-hybridized carbons (Fsp3) is 0.632. The molecule has 7 nitrogen and oxygen atoms in total. The van der Waals surface area contributed by atoms with E-state index < -0.39 is 0 Å². The molecule has 26 heavy (non-hydrogen) atoms. The van der Waals surface area contributed by atoms with Crippen LogP contribution in [0.2, 0.25) is 0 Å². The number of nitrogens with one attached hydrogen (secondary N) is 1. The lowest BCUT2D eigenvalue weighted by atomic mass is 10.1. The van der Waals surface area contributed by atoms with E-state index in [9.17, 15) is 0 Å². The third kappa shape index (κ3) is 5.02. The Balaban J connectivity index is 1.55. The minimum absolute atomic E-state index is 0.502. The minimum atomic E-state index is 0.502. The van der Waals surface area contributed by atoms with Crippen LogP contribution >= 0.6 is 0 Å². The lowest BCUT2D eigenvalue weighted by Gasteiger charge is -2.43. The van der Waals surface area contributed by atoms with E-state index in [1.54, 1.807) is 0 Å². The molecule has 3 rings (SSSR count). The first kappa shape index (κ1) is 18.8. The summed E-state index contributed by atoms with van der Waals surface area (Å²) in [7, 11) is 0. The molecule has 2 heterocycles. The maximum Gasteiger partial charge on any atom is 0.227 e. The van der Waals surface area contributed by atoms with Crippen molar-refractivity contribution in [3.8, 4) is 0 Å². The van der Waals surface area contributed by atoms with Crippen molar-refractivity contribution in [2.45, 2.75) is 32.2 Å². The Morgan fingerprint density at radius 2 is 2.08 bits per heavy atom. The van der Waals surface area contributed by atoms with Gasteiger partial charge in [-0.3, -0.25) is 9.89 Å². The highest BCUT2D eigenvalue weighted by Gasteiger charge is 2.29. The van der Waals surface area contributed by atoms with Gasteiger partial charge in [0.2, 0.25) is 5.96 Å². The first-order chi connectivity index (χ1) is 12.8. The fourth-order valence-electron chi connectivity index (χ4n) is 3.43. The number of hydrogen-bond acceptors (Lipinski definition) is 4. The van der Waals surface area contributed by atoms with Crippen molar-refractivity contribution in [3.05, 3.63) is 23.5 Å². The molecule has 0 unspecified atom stereocenters. The molecule has 0 saturated carbocycles. The molecule has 0 radical (unpaired) electrons. The molecule has 1 N–H and O–H groups in total. The molecule has 0 amide bonds. The van der Waals surface area contributed by atoms with Crippen LogP contribution in [0.4, 0.5) is 0 Å². The summed E-state index contributed by atoms with van der Waals surface area (Å²) in [6, 6.07) is 0.649. The van der Waals surface area contributed by atoms with Crippen LogP contribution in [0.1, 0.15) is 26.2 Å².